The van der Waals surface area contributed by atoms with Crippen LogP contribution in [-0.4, -0.2) is 15.9 Å². The maximum atomic E-state index is 12.3. The molecule has 0 saturated carbocycles. The first kappa shape index (κ1) is 16.9. The first-order chi connectivity index (χ1) is 12.0. The van der Waals surface area contributed by atoms with Crippen LogP contribution in [0, 0.1) is 13.8 Å². The SMILES string of the molecule is Cc1ccccc1Nc1cnc(C(=O)Nc2cccc(Cl)c2C)cn1. The van der Waals surface area contributed by atoms with Gasteiger partial charge in [-0.05, 0) is 43.2 Å². The molecule has 0 fully saturated rings. The van der Waals surface area contributed by atoms with Crippen molar-refractivity contribution >= 4 is 34.7 Å². The van der Waals surface area contributed by atoms with Crippen molar-refractivity contribution in [1.82, 2.24) is 9.97 Å². The van der Waals surface area contributed by atoms with Gasteiger partial charge in [-0.1, -0.05) is 35.9 Å². The van der Waals surface area contributed by atoms with E-state index in [-0.39, 0.29) is 11.6 Å². The Hall–Kier alpha value is -2.92. The average molecular weight is 353 g/mol. The number of hydrogen-bond donors (Lipinski definition) is 2. The quantitative estimate of drug-likeness (QED) is 0.711. The van der Waals surface area contributed by atoms with Crippen molar-refractivity contribution in [2.75, 3.05) is 10.6 Å². The van der Waals surface area contributed by atoms with Gasteiger partial charge in [-0.25, -0.2) is 9.97 Å². The number of anilines is 3. The number of rotatable bonds is 4. The minimum Gasteiger partial charge on any atom is -0.339 e. The summed E-state index contributed by atoms with van der Waals surface area (Å²) >= 11 is 6.07. The molecule has 0 radical (unpaired) electrons. The molecule has 1 heterocycles. The smallest absolute Gasteiger partial charge is 0.275 e. The summed E-state index contributed by atoms with van der Waals surface area (Å²) in [6.07, 6.45) is 2.97. The standard InChI is InChI=1S/C19H17ClN4O/c1-12-6-3-4-8-15(12)23-18-11-21-17(10-22-18)19(25)24-16-9-5-7-14(20)13(16)2/h3-11H,1-2H3,(H,22,23)(H,24,25). The number of amides is 1. The van der Waals surface area contributed by atoms with E-state index in [2.05, 4.69) is 20.6 Å². The van der Waals surface area contributed by atoms with E-state index in [4.69, 9.17) is 11.6 Å². The van der Waals surface area contributed by atoms with Crippen LogP contribution < -0.4 is 10.6 Å². The third-order valence-electron chi connectivity index (χ3n) is 3.81. The zero-order chi connectivity index (χ0) is 17.8. The second-order valence-electron chi connectivity index (χ2n) is 5.59. The molecule has 126 valence electrons. The number of carbonyl (C=O) groups is 1. The van der Waals surface area contributed by atoms with Gasteiger partial charge in [-0.2, -0.15) is 0 Å². The van der Waals surface area contributed by atoms with Crippen molar-refractivity contribution in [2.24, 2.45) is 0 Å². The van der Waals surface area contributed by atoms with Gasteiger partial charge in [-0.3, -0.25) is 4.79 Å². The highest BCUT2D eigenvalue weighted by atomic mass is 35.5. The Bertz CT molecular complexity index is 910. The number of para-hydroxylation sites is 1. The molecule has 3 aromatic rings. The van der Waals surface area contributed by atoms with Crippen LogP contribution in [0.15, 0.2) is 54.9 Å². The first-order valence-electron chi connectivity index (χ1n) is 7.76. The van der Waals surface area contributed by atoms with E-state index in [0.29, 0.717) is 16.5 Å². The van der Waals surface area contributed by atoms with Crippen LogP contribution in [0.3, 0.4) is 0 Å². The molecule has 3 rings (SSSR count). The van der Waals surface area contributed by atoms with Gasteiger partial charge in [0.1, 0.15) is 11.5 Å². The van der Waals surface area contributed by atoms with Crippen LogP contribution in [0.1, 0.15) is 21.6 Å². The van der Waals surface area contributed by atoms with E-state index in [9.17, 15) is 4.79 Å². The van der Waals surface area contributed by atoms with Gasteiger partial charge in [0.25, 0.3) is 5.91 Å². The maximum Gasteiger partial charge on any atom is 0.275 e. The zero-order valence-corrected chi connectivity index (χ0v) is 14.6. The number of aromatic nitrogens is 2. The molecule has 1 aromatic heterocycles. The van der Waals surface area contributed by atoms with Crippen molar-refractivity contribution in [1.29, 1.82) is 0 Å². The summed E-state index contributed by atoms with van der Waals surface area (Å²) in [6, 6.07) is 13.2. The molecule has 0 saturated heterocycles. The summed E-state index contributed by atoms with van der Waals surface area (Å²) in [6.45, 7) is 3.85. The first-order valence-corrected chi connectivity index (χ1v) is 8.13. The fourth-order valence-electron chi connectivity index (χ4n) is 2.29. The second-order valence-corrected chi connectivity index (χ2v) is 6.00. The van der Waals surface area contributed by atoms with Gasteiger partial charge in [0.2, 0.25) is 0 Å². The Morgan fingerprint density at radius 1 is 0.960 bits per heavy atom. The molecule has 25 heavy (non-hydrogen) atoms. The Morgan fingerprint density at radius 2 is 1.72 bits per heavy atom. The summed E-state index contributed by atoms with van der Waals surface area (Å²) in [5, 5.41) is 6.58. The fraction of sp³-hybridized carbons (Fsp3) is 0.105. The Balaban J connectivity index is 1.72. The number of hydrogen-bond acceptors (Lipinski definition) is 4. The highest BCUT2D eigenvalue weighted by Gasteiger charge is 2.11. The third-order valence-corrected chi connectivity index (χ3v) is 4.22. The highest BCUT2D eigenvalue weighted by Crippen LogP contribution is 2.23. The van der Waals surface area contributed by atoms with Crippen molar-refractivity contribution in [3.8, 4) is 0 Å². The topological polar surface area (TPSA) is 66.9 Å². The van der Waals surface area contributed by atoms with E-state index in [1.165, 1.54) is 12.4 Å². The number of carbonyl (C=O) groups excluding carboxylic acids is 1. The average Bonchev–Trinajstić information content (AvgIpc) is 2.61. The molecule has 0 aliphatic rings. The van der Waals surface area contributed by atoms with Crippen molar-refractivity contribution < 1.29 is 4.79 Å². The highest BCUT2D eigenvalue weighted by molar-refractivity contribution is 6.31. The normalized spacial score (nSPS) is 10.4. The van der Waals surface area contributed by atoms with Crippen molar-refractivity contribution in [3.63, 3.8) is 0 Å². The second kappa shape index (κ2) is 7.32. The summed E-state index contributed by atoms with van der Waals surface area (Å²) in [4.78, 5) is 20.8. The number of benzene rings is 2. The molecule has 0 spiro atoms. The summed E-state index contributed by atoms with van der Waals surface area (Å²) < 4.78 is 0. The van der Waals surface area contributed by atoms with Crippen LogP contribution in [0.2, 0.25) is 5.02 Å². The molecule has 0 bridgehead atoms. The van der Waals surface area contributed by atoms with E-state index in [1.807, 2.05) is 38.1 Å². The largest absolute Gasteiger partial charge is 0.339 e. The number of nitrogens with one attached hydrogen (secondary N) is 2. The molecule has 0 unspecified atom stereocenters. The molecule has 5 nitrogen and oxygen atoms in total. The third kappa shape index (κ3) is 3.95. The molecular weight excluding hydrogens is 336 g/mol. The Morgan fingerprint density at radius 3 is 2.44 bits per heavy atom. The lowest BCUT2D eigenvalue weighted by Crippen LogP contribution is -2.15. The number of halogens is 1. The summed E-state index contributed by atoms with van der Waals surface area (Å²) in [5.41, 5.74) is 3.74. The summed E-state index contributed by atoms with van der Waals surface area (Å²) in [7, 11) is 0. The van der Waals surface area contributed by atoms with Gasteiger partial charge in [0.05, 0.1) is 12.4 Å². The van der Waals surface area contributed by atoms with Crippen LogP contribution in [0.4, 0.5) is 17.2 Å². The van der Waals surface area contributed by atoms with Gasteiger partial charge in [0, 0.05) is 16.4 Å². The zero-order valence-electron chi connectivity index (χ0n) is 13.9. The fourth-order valence-corrected chi connectivity index (χ4v) is 2.46. The van der Waals surface area contributed by atoms with E-state index < -0.39 is 0 Å². The predicted molar refractivity (Wildman–Crippen MR) is 101 cm³/mol. The number of aryl methyl sites for hydroxylation is 1. The molecule has 2 aromatic carbocycles. The predicted octanol–water partition coefficient (Wildman–Crippen LogP) is 4.74. The lowest BCUT2D eigenvalue weighted by atomic mass is 10.2. The summed E-state index contributed by atoms with van der Waals surface area (Å²) in [5.74, 6) is 0.241. The van der Waals surface area contributed by atoms with E-state index >= 15 is 0 Å². The van der Waals surface area contributed by atoms with E-state index in [0.717, 1.165) is 16.8 Å². The molecule has 0 aliphatic carbocycles. The molecule has 6 heteroatoms. The lowest BCUT2D eigenvalue weighted by molar-refractivity contribution is 0.102. The molecule has 1 amide bonds. The van der Waals surface area contributed by atoms with Crippen molar-refractivity contribution in [2.45, 2.75) is 13.8 Å². The molecule has 0 aliphatic heterocycles. The van der Waals surface area contributed by atoms with Crippen LogP contribution in [0.5, 0.6) is 0 Å². The Labute approximate surface area is 151 Å². The van der Waals surface area contributed by atoms with Crippen LogP contribution >= 0.6 is 11.6 Å². The van der Waals surface area contributed by atoms with Crippen LogP contribution in [0.25, 0.3) is 0 Å². The molecule has 0 atom stereocenters. The molecular formula is C19H17ClN4O. The van der Waals surface area contributed by atoms with Crippen molar-refractivity contribution in [3.05, 3.63) is 76.7 Å². The molecule has 2 N–H and O–H groups in total. The van der Waals surface area contributed by atoms with Gasteiger partial charge >= 0.3 is 0 Å². The van der Waals surface area contributed by atoms with Gasteiger partial charge < -0.3 is 10.6 Å². The van der Waals surface area contributed by atoms with Crippen LogP contribution in [-0.2, 0) is 0 Å². The maximum absolute atomic E-state index is 12.3. The number of nitrogens with zero attached hydrogens (tertiary/aromatic N) is 2. The Kier molecular flexibility index (Phi) is 4.95. The van der Waals surface area contributed by atoms with E-state index in [1.54, 1.807) is 18.2 Å². The minimum atomic E-state index is -0.333. The minimum absolute atomic E-state index is 0.231. The van der Waals surface area contributed by atoms with Gasteiger partial charge in [0.15, 0.2) is 0 Å². The lowest BCUT2D eigenvalue weighted by Gasteiger charge is -2.10. The van der Waals surface area contributed by atoms with Gasteiger partial charge in [-0.15, -0.1) is 0 Å². The monoisotopic (exact) mass is 352 g/mol.